The van der Waals surface area contributed by atoms with Gasteiger partial charge in [0, 0.05) is 18.2 Å². The van der Waals surface area contributed by atoms with Crippen LogP contribution < -0.4 is 10.9 Å². The van der Waals surface area contributed by atoms with Gasteiger partial charge in [-0.2, -0.15) is 22.0 Å². The molecule has 7 nitrogen and oxygen atoms in total. The van der Waals surface area contributed by atoms with Gasteiger partial charge in [0.1, 0.15) is 11.9 Å². The zero-order valence-electron chi connectivity index (χ0n) is 13.4. The largest absolute Gasteiger partial charge is 0.377 e. The zero-order chi connectivity index (χ0) is 16.5. The molecule has 8 heteroatoms. The topological polar surface area (TPSA) is 81.9 Å². The molecule has 0 aliphatic carbocycles. The molecule has 0 bridgehead atoms. The number of hydrogen-bond donors (Lipinski definition) is 1. The van der Waals surface area contributed by atoms with Crippen molar-refractivity contribution in [2.75, 3.05) is 24.3 Å². The quantitative estimate of drug-likeness (QED) is 0.894. The first-order valence-electron chi connectivity index (χ1n) is 8.05. The fourth-order valence-corrected chi connectivity index (χ4v) is 4.01. The molecule has 2 aliphatic heterocycles. The van der Waals surface area contributed by atoms with Crippen molar-refractivity contribution in [2.45, 2.75) is 31.2 Å². The van der Waals surface area contributed by atoms with E-state index in [2.05, 4.69) is 20.6 Å². The maximum Gasteiger partial charge on any atom is 0.267 e. The van der Waals surface area contributed by atoms with E-state index in [0.29, 0.717) is 19.0 Å². The Bertz CT molecular complexity index is 792. The summed E-state index contributed by atoms with van der Waals surface area (Å²) >= 11 is 1.85. The van der Waals surface area contributed by atoms with Crippen LogP contribution >= 0.6 is 11.8 Å². The summed E-state index contributed by atoms with van der Waals surface area (Å²) in [6, 6.07) is 5.33. The lowest BCUT2D eigenvalue weighted by molar-refractivity contribution is 0.182. The number of nitrogens with one attached hydrogen (secondary N) is 1. The Labute approximate surface area is 143 Å². The summed E-state index contributed by atoms with van der Waals surface area (Å²) in [5, 5.41) is 16.1. The van der Waals surface area contributed by atoms with Crippen molar-refractivity contribution in [3.05, 3.63) is 45.5 Å². The summed E-state index contributed by atoms with van der Waals surface area (Å²) in [5.74, 6) is 2.61. The maximum absolute atomic E-state index is 12.5. The Morgan fingerprint density at radius 2 is 2.25 bits per heavy atom. The number of anilines is 1. The Morgan fingerprint density at radius 1 is 1.33 bits per heavy atom. The molecular weight excluding hydrogens is 326 g/mol. The summed E-state index contributed by atoms with van der Waals surface area (Å²) in [5.41, 5.74) is 2.91. The van der Waals surface area contributed by atoms with Crippen molar-refractivity contribution in [1.29, 1.82) is 0 Å². The van der Waals surface area contributed by atoms with Gasteiger partial charge in [-0.25, -0.2) is 4.68 Å². The molecule has 126 valence electrons. The molecule has 2 aromatic heterocycles. The van der Waals surface area contributed by atoms with E-state index in [0.717, 1.165) is 34.9 Å². The van der Waals surface area contributed by atoms with Crippen LogP contribution in [0.5, 0.6) is 0 Å². The van der Waals surface area contributed by atoms with Crippen LogP contribution in [0.4, 0.5) is 5.82 Å². The molecule has 0 amide bonds. The Hall–Kier alpha value is -1.93. The number of aryl methyl sites for hydroxylation is 2. The molecule has 0 saturated carbocycles. The molecule has 24 heavy (non-hydrogen) atoms. The number of ether oxygens (including phenoxy) is 1. The molecule has 0 radical (unpaired) electrons. The number of aromatic nitrogens is 4. The maximum atomic E-state index is 12.5. The normalized spacial score (nSPS) is 23.0. The van der Waals surface area contributed by atoms with Crippen LogP contribution in [0.1, 0.15) is 23.0 Å². The molecule has 1 saturated heterocycles. The van der Waals surface area contributed by atoms with Crippen LogP contribution in [0.3, 0.4) is 0 Å². The number of fused-ring (bicyclic) bond motifs is 1. The van der Waals surface area contributed by atoms with Gasteiger partial charge in [-0.05, 0) is 30.4 Å². The lowest BCUT2D eigenvalue weighted by atomic mass is 10.1. The van der Waals surface area contributed by atoms with Gasteiger partial charge in [-0.3, -0.25) is 4.79 Å². The van der Waals surface area contributed by atoms with Gasteiger partial charge in [0.25, 0.3) is 5.56 Å². The number of hydrogen-bond acceptors (Lipinski definition) is 7. The molecule has 4 heterocycles. The first-order chi connectivity index (χ1) is 11.7. The second-order valence-electron chi connectivity index (χ2n) is 6.12. The summed E-state index contributed by atoms with van der Waals surface area (Å²) in [6.45, 7) is 2.88. The van der Waals surface area contributed by atoms with Crippen LogP contribution in [-0.2, 0) is 16.9 Å². The molecule has 2 aliphatic rings. The molecule has 2 aromatic rings. The van der Waals surface area contributed by atoms with Crippen LogP contribution in [0.25, 0.3) is 0 Å². The van der Waals surface area contributed by atoms with Crippen molar-refractivity contribution >= 4 is 17.6 Å². The summed E-state index contributed by atoms with van der Waals surface area (Å²) in [7, 11) is 0. The second kappa shape index (κ2) is 6.52. The van der Waals surface area contributed by atoms with Crippen LogP contribution in [0.15, 0.2) is 23.0 Å². The van der Waals surface area contributed by atoms with Gasteiger partial charge in [-0.15, -0.1) is 5.10 Å². The highest BCUT2D eigenvalue weighted by Gasteiger charge is 2.32. The van der Waals surface area contributed by atoms with E-state index < -0.39 is 0 Å². The number of nitrogens with zero attached hydrogens (tertiary/aromatic N) is 4. The molecule has 1 N–H and O–H groups in total. The van der Waals surface area contributed by atoms with Gasteiger partial charge < -0.3 is 10.1 Å². The Morgan fingerprint density at radius 3 is 3.08 bits per heavy atom. The summed E-state index contributed by atoms with van der Waals surface area (Å²) < 4.78 is 7.19. The molecule has 4 rings (SSSR count). The Kier molecular flexibility index (Phi) is 4.24. The highest BCUT2D eigenvalue weighted by Crippen LogP contribution is 2.24. The minimum atomic E-state index is -0.138. The van der Waals surface area contributed by atoms with Gasteiger partial charge in [0.2, 0.25) is 0 Å². The van der Waals surface area contributed by atoms with Gasteiger partial charge in [0.15, 0.2) is 0 Å². The number of thioether (sulfide) groups is 1. The van der Waals surface area contributed by atoms with Crippen molar-refractivity contribution in [2.24, 2.45) is 0 Å². The molecule has 0 spiro atoms. The minimum absolute atomic E-state index is 0.0526. The van der Waals surface area contributed by atoms with E-state index in [1.165, 1.54) is 0 Å². The molecule has 2 unspecified atom stereocenters. The van der Waals surface area contributed by atoms with Crippen LogP contribution in [0.2, 0.25) is 0 Å². The summed E-state index contributed by atoms with van der Waals surface area (Å²) in [4.78, 5) is 12.5. The van der Waals surface area contributed by atoms with Crippen molar-refractivity contribution in [3.8, 4) is 0 Å². The standard InChI is InChI=1S/C16H19N5O2S/c1-10-2-3-15(19-18-10)17-13-7-23-8-14(13)21-16(22)6-11-9-24-5-4-12(11)20-21/h2-3,6,13-14H,4-5,7-9H2,1H3,(H,17,19). The second-order valence-corrected chi connectivity index (χ2v) is 7.22. The first-order valence-corrected chi connectivity index (χ1v) is 9.20. The lowest BCUT2D eigenvalue weighted by Crippen LogP contribution is -2.38. The third-order valence-electron chi connectivity index (χ3n) is 4.36. The van der Waals surface area contributed by atoms with Crippen LogP contribution in [-0.4, -0.2) is 45.0 Å². The monoisotopic (exact) mass is 345 g/mol. The van der Waals surface area contributed by atoms with Crippen molar-refractivity contribution in [3.63, 3.8) is 0 Å². The number of rotatable bonds is 3. The van der Waals surface area contributed by atoms with Crippen LogP contribution in [0, 0.1) is 6.92 Å². The average molecular weight is 345 g/mol. The Balaban J connectivity index is 1.60. The third kappa shape index (κ3) is 3.03. The van der Waals surface area contributed by atoms with E-state index >= 15 is 0 Å². The molecule has 0 aromatic carbocycles. The highest BCUT2D eigenvalue weighted by molar-refractivity contribution is 7.98. The summed E-state index contributed by atoms with van der Waals surface area (Å²) in [6.07, 6.45) is 0.912. The predicted octanol–water partition coefficient (Wildman–Crippen LogP) is 1.18. The van der Waals surface area contributed by atoms with E-state index in [1.54, 1.807) is 10.7 Å². The first kappa shape index (κ1) is 15.6. The molecule has 2 atom stereocenters. The predicted molar refractivity (Wildman–Crippen MR) is 92.4 cm³/mol. The highest BCUT2D eigenvalue weighted by atomic mass is 32.2. The zero-order valence-corrected chi connectivity index (χ0v) is 14.3. The third-order valence-corrected chi connectivity index (χ3v) is 5.37. The van der Waals surface area contributed by atoms with Crippen molar-refractivity contribution in [1.82, 2.24) is 20.0 Å². The van der Waals surface area contributed by atoms with E-state index in [9.17, 15) is 4.79 Å². The van der Waals surface area contributed by atoms with E-state index in [-0.39, 0.29) is 17.6 Å². The average Bonchev–Trinajstić information content (AvgIpc) is 3.04. The fraction of sp³-hybridized carbons (Fsp3) is 0.500. The fourth-order valence-electron chi connectivity index (χ4n) is 3.05. The minimum Gasteiger partial charge on any atom is -0.377 e. The van der Waals surface area contributed by atoms with Gasteiger partial charge >= 0.3 is 0 Å². The van der Waals surface area contributed by atoms with E-state index in [4.69, 9.17) is 4.74 Å². The van der Waals surface area contributed by atoms with Gasteiger partial charge in [0.05, 0.1) is 30.6 Å². The van der Waals surface area contributed by atoms with E-state index in [1.807, 2.05) is 30.8 Å². The van der Waals surface area contributed by atoms with Crippen molar-refractivity contribution < 1.29 is 4.74 Å². The SMILES string of the molecule is Cc1ccc(NC2COCC2n2nc3c(cc2=O)CSCC3)nn1. The smallest absolute Gasteiger partial charge is 0.267 e. The lowest BCUT2D eigenvalue weighted by Gasteiger charge is -2.23. The molecular formula is C16H19N5O2S. The molecule has 1 fully saturated rings. The van der Waals surface area contributed by atoms with Gasteiger partial charge in [-0.1, -0.05) is 0 Å².